The number of hydrogen-bond acceptors (Lipinski definition) is 9. The minimum Gasteiger partial charge on any atom is -0.325 e. The smallest absolute Gasteiger partial charge is 0.263 e. The molecule has 0 aliphatic carbocycles. The van der Waals surface area contributed by atoms with E-state index in [9.17, 15) is 13.2 Å². The Labute approximate surface area is 235 Å². The Morgan fingerprint density at radius 3 is 2.38 bits per heavy atom. The van der Waals surface area contributed by atoms with Crippen LogP contribution in [-0.2, 0) is 14.8 Å². The molecule has 5 rings (SSSR count). The number of pyridine rings is 1. The van der Waals surface area contributed by atoms with Crippen LogP contribution in [0, 0.1) is 13.8 Å². The molecule has 5 aromatic rings. The fourth-order valence-electron chi connectivity index (χ4n) is 3.84. The number of anilines is 2. The number of nitrogens with zero attached hydrogens (tertiary/aromatic N) is 6. The lowest BCUT2D eigenvalue weighted by Crippen LogP contribution is -2.16. The molecule has 0 saturated heterocycles. The summed E-state index contributed by atoms with van der Waals surface area (Å²) in [4.78, 5) is 25.4. The molecule has 0 radical (unpaired) electrons. The number of para-hydroxylation sites is 1. The van der Waals surface area contributed by atoms with Gasteiger partial charge in [0.15, 0.2) is 11.0 Å². The maximum Gasteiger partial charge on any atom is 0.263 e. The summed E-state index contributed by atoms with van der Waals surface area (Å²) in [6, 6.07) is 22.6. The molecule has 0 atom stereocenters. The Kier molecular flexibility index (Phi) is 7.84. The van der Waals surface area contributed by atoms with E-state index in [4.69, 9.17) is 0 Å². The molecule has 13 heteroatoms. The summed E-state index contributed by atoms with van der Waals surface area (Å²) < 4.78 is 29.9. The zero-order valence-corrected chi connectivity index (χ0v) is 23.1. The molecule has 40 heavy (non-hydrogen) atoms. The number of sulfonamides is 1. The van der Waals surface area contributed by atoms with Crippen molar-refractivity contribution in [3.8, 4) is 17.2 Å². The number of aromatic nitrogens is 6. The van der Waals surface area contributed by atoms with Gasteiger partial charge < -0.3 is 5.32 Å². The topological polar surface area (TPSA) is 145 Å². The zero-order chi connectivity index (χ0) is 28.1. The van der Waals surface area contributed by atoms with E-state index in [2.05, 4.69) is 35.2 Å². The number of rotatable bonds is 9. The molecule has 11 nitrogen and oxygen atoms in total. The molecule has 0 fully saturated rings. The lowest BCUT2D eigenvalue weighted by molar-refractivity contribution is -0.113. The van der Waals surface area contributed by atoms with Crippen molar-refractivity contribution in [2.75, 3.05) is 15.8 Å². The largest absolute Gasteiger partial charge is 0.325 e. The molecule has 0 saturated carbocycles. The fraction of sp³-hybridized carbons (Fsp3) is 0.111. The summed E-state index contributed by atoms with van der Waals surface area (Å²) in [6.45, 7) is 3.44. The maximum atomic E-state index is 12.8. The molecule has 0 aliphatic rings. The highest BCUT2D eigenvalue weighted by molar-refractivity contribution is 7.99. The van der Waals surface area contributed by atoms with Crippen molar-refractivity contribution in [2.24, 2.45) is 0 Å². The second-order valence-corrected chi connectivity index (χ2v) is 11.2. The lowest BCUT2D eigenvalue weighted by Gasteiger charge is -2.11. The second-order valence-electron chi connectivity index (χ2n) is 8.60. The van der Waals surface area contributed by atoms with Crippen molar-refractivity contribution in [1.29, 1.82) is 0 Å². The highest BCUT2D eigenvalue weighted by Gasteiger charge is 2.19. The maximum absolute atomic E-state index is 12.8. The Morgan fingerprint density at radius 1 is 0.925 bits per heavy atom. The van der Waals surface area contributed by atoms with Crippen LogP contribution in [0.3, 0.4) is 0 Å². The molecule has 3 aromatic heterocycles. The predicted molar refractivity (Wildman–Crippen MR) is 153 cm³/mol. The summed E-state index contributed by atoms with van der Waals surface area (Å²) in [6.07, 6.45) is 1.68. The zero-order valence-electron chi connectivity index (χ0n) is 21.5. The highest BCUT2D eigenvalue weighted by Crippen LogP contribution is 2.27. The van der Waals surface area contributed by atoms with Gasteiger partial charge >= 0.3 is 0 Å². The van der Waals surface area contributed by atoms with Gasteiger partial charge in [0.05, 0.1) is 10.6 Å². The Bertz CT molecular complexity index is 1720. The third-order valence-electron chi connectivity index (χ3n) is 5.53. The molecular weight excluding hydrogens is 548 g/mol. The first-order valence-electron chi connectivity index (χ1n) is 12.1. The van der Waals surface area contributed by atoms with E-state index in [1.807, 2.05) is 53.1 Å². The van der Waals surface area contributed by atoms with Gasteiger partial charge in [-0.1, -0.05) is 36.0 Å². The molecule has 0 bridgehead atoms. The number of hydrogen-bond donors (Lipinski definition) is 2. The normalized spacial score (nSPS) is 11.2. The van der Waals surface area contributed by atoms with Crippen molar-refractivity contribution in [3.63, 3.8) is 0 Å². The van der Waals surface area contributed by atoms with E-state index in [1.165, 1.54) is 36.0 Å². The van der Waals surface area contributed by atoms with Gasteiger partial charge in [-0.25, -0.2) is 18.4 Å². The molecule has 202 valence electrons. The first kappa shape index (κ1) is 27.0. The van der Waals surface area contributed by atoms with E-state index in [0.717, 1.165) is 5.69 Å². The van der Waals surface area contributed by atoms with Crippen molar-refractivity contribution in [2.45, 2.75) is 23.9 Å². The van der Waals surface area contributed by atoms with Crippen LogP contribution < -0.4 is 10.0 Å². The molecule has 2 aromatic carbocycles. The van der Waals surface area contributed by atoms with Crippen LogP contribution >= 0.6 is 11.8 Å². The van der Waals surface area contributed by atoms with Crippen LogP contribution in [0.25, 0.3) is 17.2 Å². The van der Waals surface area contributed by atoms with Crippen molar-refractivity contribution >= 4 is 39.2 Å². The third-order valence-corrected chi connectivity index (χ3v) is 7.83. The highest BCUT2D eigenvalue weighted by atomic mass is 32.2. The van der Waals surface area contributed by atoms with Crippen LogP contribution in [0.4, 0.5) is 11.5 Å². The van der Waals surface area contributed by atoms with E-state index >= 15 is 0 Å². The summed E-state index contributed by atoms with van der Waals surface area (Å²) in [7, 11) is -3.87. The van der Waals surface area contributed by atoms with E-state index < -0.39 is 10.0 Å². The quantitative estimate of drug-likeness (QED) is 0.247. The molecular formula is C27H24N8O3S2. The standard InChI is InChI=1S/C27H24N8O3S2/c1-18-16-24(30-19(2)29-18)34-40(37,38)22-13-11-20(12-14-22)31-25(36)17-39-27-33-32-26(23-10-6-7-15-28-23)35(27)21-8-4-3-5-9-21/h3-16H,17H2,1-2H3,(H,31,36)(H,29,30,34). The van der Waals surface area contributed by atoms with Crippen LogP contribution in [0.2, 0.25) is 0 Å². The number of thioether (sulfide) groups is 1. The number of aryl methyl sites for hydroxylation is 2. The van der Waals surface area contributed by atoms with E-state index in [1.54, 1.807) is 26.1 Å². The minimum absolute atomic E-state index is 0.0341. The van der Waals surface area contributed by atoms with Crippen molar-refractivity contribution < 1.29 is 13.2 Å². The summed E-state index contributed by atoms with van der Waals surface area (Å²) in [5, 5.41) is 11.9. The number of carbonyl (C=O) groups excluding carboxylic acids is 1. The molecule has 2 N–H and O–H groups in total. The first-order valence-corrected chi connectivity index (χ1v) is 14.6. The van der Waals surface area contributed by atoms with Crippen LogP contribution in [0.1, 0.15) is 11.5 Å². The van der Waals surface area contributed by atoms with Crippen molar-refractivity contribution in [3.05, 3.63) is 96.6 Å². The average molecular weight is 573 g/mol. The van der Waals surface area contributed by atoms with E-state index in [0.29, 0.717) is 33.9 Å². The fourth-order valence-corrected chi connectivity index (χ4v) is 5.59. The van der Waals surface area contributed by atoms with Gasteiger partial charge in [0, 0.05) is 29.3 Å². The SMILES string of the molecule is Cc1cc(NS(=O)(=O)c2ccc(NC(=O)CSc3nnc(-c4ccccn4)n3-c3ccccc3)cc2)nc(C)n1. The number of carbonyl (C=O) groups is 1. The number of benzene rings is 2. The van der Waals surface area contributed by atoms with Gasteiger partial charge in [-0.05, 0) is 62.4 Å². The van der Waals surface area contributed by atoms with Crippen LogP contribution in [0.15, 0.2) is 95.1 Å². The van der Waals surface area contributed by atoms with E-state index in [-0.39, 0.29) is 22.4 Å². The molecule has 0 aliphatic heterocycles. The third kappa shape index (κ3) is 6.33. The van der Waals surface area contributed by atoms with Gasteiger partial charge in [0.2, 0.25) is 5.91 Å². The summed E-state index contributed by atoms with van der Waals surface area (Å²) in [5.41, 5.74) is 2.60. The summed E-state index contributed by atoms with van der Waals surface area (Å²) in [5.74, 6) is 0.985. The molecule has 3 heterocycles. The Hall–Kier alpha value is -4.62. The van der Waals surface area contributed by atoms with Gasteiger partial charge in [0.1, 0.15) is 17.3 Å². The van der Waals surface area contributed by atoms with Crippen LogP contribution in [0.5, 0.6) is 0 Å². The Balaban J connectivity index is 1.26. The monoisotopic (exact) mass is 572 g/mol. The minimum atomic E-state index is -3.87. The van der Waals surface area contributed by atoms with Crippen LogP contribution in [-0.4, -0.2) is 49.8 Å². The van der Waals surface area contributed by atoms with Gasteiger partial charge in [-0.3, -0.25) is 19.1 Å². The average Bonchev–Trinajstić information content (AvgIpc) is 3.36. The van der Waals surface area contributed by atoms with Gasteiger partial charge in [-0.2, -0.15) is 0 Å². The van der Waals surface area contributed by atoms with Gasteiger partial charge in [0.25, 0.3) is 10.0 Å². The lowest BCUT2D eigenvalue weighted by atomic mass is 10.3. The second kappa shape index (κ2) is 11.6. The first-order chi connectivity index (χ1) is 19.3. The number of nitrogens with one attached hydrogen (secondary N) is 2. The molecule has 1 amide bonds. The predicted octanol–water partition coefficient (Wildman–Crippen LogP) is 4.27. The summed E-state index contributed by atoms with van der Waals surface area (Å²) >= 11 is 1.23. The molecule has 0 unspecified atom stereocenters. The van der Waals surface area contributed by atoms with Gasteiger partial charge in [-0.15, -0.1) is 10.2 Å². The Morgan fingerprint density at radius 2 is 1.68 bits per heavy atom. The number of amides is 1. The van der Waals surface area contributed by atoms with Crippen molar-refractivity contribution in [1.82, 2.24) is 29.7 Å². The molecule has 0 spiro atoms.